The van der Waals surface area contributed by atoms with Crippen LogP contribution in [0.25, 0.3) is 0 Å². The molecular formula is C26H29FO4. The Kier molecular flexibility index (Phi) is 5.89. The number of benzene rings is 2. The Morgan fingerprint density at radius 3 is 2.68 bits per heavy atom. The minimum atomic E-state index is -1.37. The number of carbonyl (C=O) groups is 1. The molecule has 4 rings (SSSR count). The highest BCUT2D eigenvalue weighted by atomic mass is 19.1. The van der Waals surface area contributed by atoms with Gasteiger partial charge in [-0.3, -0.25) is 4.79 Å². The summed E-state index contributed by atoms with van der Waals surface area (Å²) in [7, 11) is 0. The van der Waals surface area contributed by atoms with Crippen LogP contribution in [0.2, 0.25) is 0 Å². The first-order valence-electron chi connectivity index (χ1n) is 10.9. The summed E-state index contributed by atoms with van der Waals surface area (Å²) in [5.41, 5.74) is 0.762. The van der Waals surface area contributed by atoms with E-state index in [9.17, 15) is 9.90 Å². The molecule has 2 aliphatic rings. The highest BCUT2D eigenvalue weighted by Crippen LogP contribution is 2.52. The molecule has 0 unspecified atom stereocenters. The van der Waals surface area contributed by atoms with Gasteiger partial charge in [-0.05, 0) is 44.0 Å². The number of halogens is 1. The van der Waals surface area contributed by atoms with Gasteiger partial charge in [0, 0.05) is 23.8 Å². The molecule has 1 aliphatic heterocycles. The van der Waals surface area contributed by atoms with Gasteiger partial charge in [-0.2, -0.15) is 0 Å². The molecule has 0 radical (unpaired) electrons. The van der Waals surface area contributed by atoms with Crippen LogP contribution in [0.1, 0.15) is 50.7 Å². The molecule has 31 heavy (non-hydrogen) atoms. The SMILES string of the molecule is CCCc1cccc2c1O[C@H]1C[C@@H](O)[C@H](/C=C(\F)C(=O)C(C)(C)Oc3ccccc3)[C@@H]21. The summed E-state index contributed by atoms with van der Waals surface area (Å²) in [5.74, 6) is -0.965. The van der Waals surface area contributed by atoms with Crippen LogP contribution in [0.4, 0.5) is 4.39 Å². The fourth-order valence-electron chi connectivity index (χ4n) is 4.76. The van der Waals surface area contributed by atoms with Gasteiger partial charge in [0.05, 0.1) is 6.10 Å². The first-order chi connectivity index (χ1) is 14.8. The van der Waals surface area contributed by atoms with Gasteiger partial charge in [0.1, 0.15) is 17.6 Å². The maximum absolute atomic E-state index is 15.1. The molecular weight excluding hydrogens is 395 g/mol. The zero-order valence-corrected chi connectivity index (χ0v) is 18.2. The number of rotatable bonds is 7. The molecule has 1 saturated carbocycles. The monoisotopic (exact) mass is 424 g/mol. The van der Waals surface area contributed by atoms with Crippen molar-refractivity contribution >= 4 is 5.78 Å². The van der Waals surface area contributed by atoms with Gasteiger partial charge in [0.25, 0.3) is 0 Å². The van der Waals surface area contributed by atoms with E-state index in [-0.39, 0.29) is 12.0 Å². The average molecular weight is 425 g/mol. The minimum Gasteiger partial charge on any atom is -0.489 e. The lowest BCUT2D eigenvalue weighted by Crippen LogP contribution is -2.38. The van der Waals surface area contributed by atoms with E-state index in [2.05, 4.69) is 13.0 Å². The van der Waals surface area contributed by atoms with Gasteiger partial charge in [0.2, 0.25) is 5.78 Å². The van der Waals surface area contributed by atoms with Crippen molar-refractivity contribution in [3.63, 3.8) is 0 Å². The van der Waals surface area contributed by atoms with E-state index in [0.29, 0.717) is 12.2 Å². The largest absolute Gasteiger partial charge is 0.489 e. The molecule has 0 saturated heterocycles. The fourth-order valence-corrected chi connectivity index (χ4v) is 4.76. The maximum atomic E-state index is 15.1. The lowest BCUT2D eigenvalue weighted by molar-refractivity contribution is -0.129. The predicted molar refractivity (Wildman–Crippen MR) is 117 cm³/mol. The Morgan fingerprint density at radius 1 is 1.23 bits per heavy atom. The molecule has 2 aromatic carbocycles. The summed E-state index contributed by atoms with van der Waals surface area (Å²) in [5, 5.41) is 10.6. The molecule has 1 fully saturated rings. The van der Waals surface area contributed by atoms with E-state index in [0.717, 1.165) is 29.7 Å². The average Bonchev–Trinajstić information content (AvgIpc) is 3.24. The first-order valence-corrected chi connectivity index (χ1v) is 10.9. The third kappa shape index (κ3) is 4.11. The molecule has 0 bridgehead atoms. The molecule has 5 heteroatoms. The molecule has 1 heterocycles. The topological polar surface area (TPSA) is 55.8 Å². The number of fused-ring (bicyclic) bond motifs is 3. The number of aliphatic hydroxyl groups is 1. The van der Waals surface area contributed by atoms with E-state index in [1.165, 1.54) is 6.08 Å². The van der Waals surface area contributed by atoms with Crippen LogP contribution in [-0.4, -0.2) is 28.7 Å². The normalized spacial score (nSPS) is 25.0. The van der Waals surface area contributed by atoms with E-state index in [1.54, 1.807) is 38.1 Å². The fraction of sp³-hybridized carbons (Fsp3) is 0.423. The Labute approximate surface area is 182 Å². The van der Waals surface area contributed by atoms with Crippen molar-refractivity contribution in [2.75, 3.05) is 0 Å². The van der Waals surface area contributed by atoms with Crippen LogP contribution in [0.5, 0.6) is 11.5 Å². The lowest BCUT2D eigenvalue weighted by Gasteiger charge is -2.25. The molecule has 0 amide bonds. The van der Waals surface area contributed by atoms with Crippen molar-refractivity contribution in [2.24, 2.45) is 5.92 Å². The highest BCUT2D eigenvalue weighted by Gasteiger charge is 2.49. The van der Waals surface area contributed by atoms with Crippen molar-refractivity contribution in [3.8, 4) is 11.5 Å². The van der Waals surface area contributed by atoms with Crippen LogP contribution < -0.4 is 9.47 Å². The number of para-hydroxylation sites is 2. The van der Waals surface area contributed by atoms with Gasteiger partial charge in [-0.1, -0.05) is 49.7 Å². The number of Topliss-reactive ketones (excluding diaryl/α,β-unsaturated/α-hetero) is 1. The van der Waals surface area contributed by atoms with E-state index in [1.807, 2.05) is 18.2 Å². The second-order valence-corrected chi connectivity index (χ2v) is 8.92. The third-order valence-electron chi connectivity index (χ3n) is 6.23. The summed E-state index contributed by atoms with van der Waals surface area (Å²) in [6.45, 7) is 5.22. The van der Waals surface area contributed by atoms with Crippen molar-refractivity contribution < 1.29 is 23.8 Å². The van der Waals surface area contributed by atoms with E-state index in [4.69, 9.17) is 9.47 Å². The molecule has 0 aromatic heterocycles. The number of ketones is 1. The van der Waals surface area contributed by atoms with Gasteiger partial charge in [-0.15, -0.1) is 0 Å². The number of aliphatic hydroxyl groups excluding tert-OH is 1. The molecule has 4 atom stereocenters. The minimum absolute atomic E-state index is 0.168. The predicted octanol–water partition coefficient (Wildman–Crippen LogP) is 5.14. The van der Waals surface area contributed by atoms with Crippen LogP contribution in [0.3, 0.4) is 0 Å². The first kappa shape index (κ1) is 21.6. The van der Waals surface area contributed by atoms with Crippen molar-refractivity contribution in [3.05, 3.63) is 71.6 Å². The Hall–Kier alpha value is -2.66. The van der Waals surface area contributed by atoms with Crippen LogP contribution in [-0.2, 0) is 11.2 Å². The lowest BCUT2D eigenvalue weighted by atomic mass is 9.86. The Bertz CT molecular complexity index is 982. The van der Waals surface area contributed by atoms with Crippen molar-refractivity contribution in [1.82, 2.24) is 0 Å². The second-order valence-electron chi connectivity index (χ2n) is 8.92. The van der Waals surface area contributed by atoms with Crippen LogP contribution >= 0.6 is 0 Å². The zero-order valence-electron chi connectivity index (χ0n) is 18.2. The number of hydrogen-bond donors (Lipinski definition) is 1. The summed E-state index contributed by atoms with van der Waals surface area (Å²) < 4.78 is 27.1. The Balaban J connectivity index is 1.58. The summed E-state index contributed by atoms with van der Waals surface area (Å²) in [4.78, 5) is 12.9. The van der Waals surface area contributed by atoms with Crippen LogP contribution in [0, 0.1) is 5.92 Å². The zero-order chi connectivity index (χ0) is 22.2. The number of hydrogen-bond acceptors (Lipinski definition) is 4. The van der Waals surface area contributed by atoms with Gasteiger partial charge in [0.15, 0.2) is 11.4 Å². The summed E-state index contributed by atoms with van der Waals surface area (Å²) >= 11 is 0. The molecule has 2 aromatic rings. The third-order valence-corrected chi connectivity index (χ3v) is 6.23. The van der Waals surface area contributed by atoms with Gasteiger partial charge in [-0.25, -0.2) is 4.39 Å². The van der Waals surface area contributed by atoms with Gasteiger partial charge < -0.3 is 14.6 Å². The van der Waals surface area contributed by atoms with Crippen molar-refractivity contribution in [2.45, 2.75) is 63.8 Å². The summed E-state index contributed by atoms with van der Waals surface area (Å²) in [6, 6.07) is 14.9. The molecule has 1 N–H and O–H groups in total. The second kappa shape index (κ2) is 8.46. The summed E-state index contributed by atoms with van der Waals surface area (Å²) in [6.07, 6.45) is 2.62. The molecule has 0 spiro atoms. The molecule has 164 valence electrons. The molecule has 4 nitrogen and oxygen atoms in total. The van der Waals surface area contributed by atoms with E-state index >= 15 is 4.39 Å². The smallest absolute Gasteiger partial charge is 0.233 e. The van der Waals surface area contributed by atoms with E-state index < -0.39 is 29.2 Å². The number of ether oxygens (including phenoxy) is 2. The number of carbonyl (C=O) groups excluding carboxylic acids is 1. The maximum Gasteiger partial charge on any atom is 0.233 e. The quantitative estimate of drug-likeness (QED) is 0.625. The Morgan fingerprint density at radius 2 is 1.97 bits per heavy atom. The number of aryl methyl sites for hydroxylation is 1. The van der Waals surface area contributed by atoms with Gasteiger partial charge >= 0.3 is 0 Å². The van der Waals surface area contributed by atoms with Crippen LogP contribution in [0.15, 0.2) is 60.4 Å². The highest BCUT2D eigenvalue weighted by molar-refractivity contribution is 5.99. The standard InChI is InChI=1S/C26H29FO4/c1-4-9-16-10-8-13-18-23-19(21(28)15-22(23)30-24(16)18)14-20(27)25(29)26(2,3)31-17-11-6-5-7-12-17/h5-8,10-14,19,21-23,28H,4,9,15H2,1-3H3/b20-14-/t19-,21+,22-,23+/m0/s1. The van der Waals surface area contributed by atoms with Crippen molar-refractivity contribution in [1.29, 1.82) is 0 Å². The molecule has 1 aliphatic carbocycles.